The molecule has 4 heterocycles. The van der Waals surface area contributed by atoms with Crippen LogP contribution in [0.2, 0.25) is 0 Å². The van der Waals surface area contributed by atoms with Crippen molar-refractivity contribution in [1.29, 1.82) is 0 Å². The lowest BCUT2D eigenvalue weighted by molar-refractivity contribution is -0.289. The van der Waals surface area contributed by atoms with E-state index in [4.69, 9.17) is 33.2 Å². The van der Waals surface area contributed by atoms with E-state index in [9.17, 15) is 95.5 Å². The molecule has 4 aliphatic heterocycles. The molecule has 1 saturated heterocycles. The number of carbonyl (C=O) groups is 5. The fraction of sp³-hybridized carbons (Fsp3) is 0.275. The van der Waals surface area contributed by atoms with Gasteiger partial charge in [0.2, 0.25) is 35.4 Å². The van der Waals surface area contributed by atoms with Crippen LogP contribution in [0.5, 0.6) is 69.0 Å². The second-order valence-corrected chi connectivity index (χ2v) is 15.5. The van der Waals surface area contributed by atoms with Crippen LogP contribution >= 0.6 is 0 Å². The maximum atomic E-state index is 14.6. The van der Waals surface area contributed by atoms with E-state index in [1.54, 1.807) is 0 Å². The lowest BCUT2D eigenvalue weighted by atomic mass is 9.81. The van der Waals surface area contributed by atoms with E-state index in [-0.39, 0.29) is 0 Å². The number of phenolic OH excluding ortho intramolecular Hbond substituents is 11. The zero-order valence-corrected chi connectivity index (χ0v) is 32.5. The average molecular weight is 927 g/mol. The summed E-state index contributed by atoms with van der Waals surface area (Å²) in [6.07, 6.45) is -15.5. The van der Waals surface area contributed by atoms with Crippen molar-refractivity contribution >= 4 is 29.8 Å². The first-order valence-electron chi connectivity index (χ1n) is 18.9. The van der Waals surface area contributed by atoms with Crippen LogP contribution in [0.1, 0.15) is 59.3 Å². The van der Waals surface area contributed by atoms with Crippen molar-refractivity contribution in [2.45, 2.75) is 60.5 Å². The zero-order valence-electron chi connectivity index (χ0n) is 32.5. The molecule has 346 valence electrons. The Morgan fingerprint density at radius 2 is 1.12 bits per heavy atom. The quantitative estimate of drug-likeness (QED) is 0.0665. The average Bonchev–Trinajstić information content (AvgIpc) is 3.69. The van der Waals surface area contributed by atoms with Crippen molar-refractivity contribution in [2.75, 3.05) is 6.61 Å². The first kappa shape index (κ1) is 42.9. The molecule has 9 rings (SSSR count). The zero-order chi connectivity index (χ0) is 47.8. The Kier molecular flexibility index (Phi) is 9.33. The molecule has 66 heavy (non-hydrogen) atoms. The first-order valence-corrected chi connectivity index (χ1v) is 18.9. The summed E-state index contributed by atoms with van der Waals surface area (Å²) in [5, 5.41) is 151. The van der Waals surface area contributed by atoms with Gasteiger partial charge < -0.3 is 105 Å². The maximum Gasteiger partial charge on any atom is 0.340 e. The number of rotatable bonds is 2. The fourth-order valence-electron chi connectivity index (χ4n) is 8.60. The van der Waals surface area contributed by atoms with Crippen LogP contribution in [0, 0.1) is 0 Å². The van der Waals surface area contributed by atoms with Gasteiger partial charge in [-0.1, -0.05) is 0 Å². The van der Waals surface area contributed by atoms with Gasteiger partial charge in [0, 0.05) is 23.1 Å². The normalized spacial score (nSPS) is 28.6. The number of ether oxygens (including phenoxy) is 7. The molecular formula is C40H30O26. The summed E-state index contributed by atoms with van der Waals surface area (Å²) < 4.78 is 39.3. The van der Waals surface area contributed by atoms with Crippen molar-refractivity contribution in [3.8, 4) is 80.1 Å². The van der Waals surface area contributed by atoms with Crippen LogP contribution in [0.15, 0.2) is 30.3 Å². The van der Waals surface area contributed by atoms with E-state index >= 15 is 0 Å². The molecule has 0 amide bonds. The number of phenols is 11. The van der Waals surface area contributed by atoms with Crippen molar-refractivity contribution in [1.82, 2.24) is 0 Å². The van der Waals surface area contributed by atoms with Crippen LogP contribution in [0.25, 0.3) is 11.1 Å². The highest BCUT2D eigenvalue weighted by atomic mass is 16.8. The highest BCUT2D eigenvalue weighted by Gasteiger charge is 2.73. The molecule has 9 unspecified atom stereocenters. The number of benzene rings is 4. The van der Waals surface area contributed by atoms with Gasteiger partial charge in [-0.2, -0.15) is 0 Å². The molecule has 4 aromatic rings. The maximum absolute atomic E-state index is 14.6. The Labute approximate surface area is 363 Å². The highest BCUT2D eigenvalue weighted by Crippen LogP contribution is 2.62. The monoisotopic (exact) mass is 926 g/mol. The molecule has 26 nitrogen and oxygen atoms in total. The molecule has 2 fully saturated rings. The number of fused-ring (bicyclic) bond motifs is 3. The number of hydrogen-bond acceptors (Lipinski definition) is 26. The number of esters is 5. The molecule has 1 saturated carbocycles. The van der Waals surface area contributed by atoms with Crippen LogP contribution in [0.3, 0.4) is 0 Å². The molecule has 26 heteroatoms. The van der Waals surface area contributed by atoms with Crippen molar-refractivity contribution < 1.29 is 129 Å². The van der Waals surface area contributed by atoms with E-state index in [0.717, 1.165) is 0 Å². The lowest BCUT2D eigenvalue weighted by Crippen LogP contribution is -2.64. The molecule has 0 spiro atoms. The molecule has 1 aliphatic carbocycles. The summed E-state index contributed by atoms with van der Waals surface area (Å²) in [5.41, 5.74) is -10.00. The Morgan fingerprint density at radius 1 is 0.606 bits per heavy atom. The molecule has 14 N–H and O–H groups in total. The minimum absolute atomic E-state index is 0.387. The second kappa shape index (κ2) is 14.3. The van der Waals surface area contributed by atoms with Gasteiger partial charge in [-0.05, 0) is 30.3 Å². The Balaban J connectivity index is 1.28. The van der Waals surface area contributed by atoms with Gasteiger partial charge in [-0.15, -0.1) is 0 Å². The van der Waals surface area contributed by atoms with Crippen molar-refractivity contribution in [3.63, 3.8) is 0 Å². The summed E-state index contributed by atoms with van der Waals surface area (Å²) in [5.74, 6) is -28.7. The molecule has 0 aromatic heterocycles. The summed E-state index contributed by atoms with van der Waals surface area (Å²) in [6, 6.07) is 2.52. The third kappa shape index (κ3) is 5.99. The largest absolute Gasteiger partial charge is 0.504 e. The van der Waals surface area contributed by atoms with Gasteiger partial charge >= 0.3 is 29.8 Å². The summed E-state index contributed by atoms with van der Waals surface area (Å²) >= 11 is 0. The molecule has 9 atom stereocenters. The van der Waals surface area contributed by atoms with E-state index < -0.39 is 205 Å². The summed E-state index contributed by atoms with van der Waals surface area (Å²) in [6.45, 7) is -1.27. The Hall–Kier alpha value is -8.33. The Bertz CT molecular complexity index is 2850. The van der Waals surface area contributed by atoms with Gasteiger partial charge in [0.15, 0.2) is 69.6 Å². The minimum Gasteiger partial charge on any atom is -0.504 e. The van der Waals surface area contributed by atoms with Crippen molar-refractivity contribution in [2.24, 2.45) is 0 Å². The lowest BCUT2D eigenvalue weighted by Gasteiger charge is -2.44. The predicted molar refractivity (Wildman–Crippen MR) is 200 cm³/mol. The van der Waals surface area contributed by atoms with E-state index in [1.807, 2.05) is 0 Å². The first-order chi connectivity index (χ1) is 31.0. The summed E-state index contributed by atoms with van der Waals surface area (Å²) in [4.78, 5) is 71.3. The Morgan fingerprint density at radius 3 is 1.73 bits per heavy atom. The molecular weight excluding hydrogens is 896 g/mol. The van der Waals surface area contributed by atoms with Crippen LogP contribution in [-0.2, 0) is 33.2 Å². The minimum atomic E-state index is -3.22. The smallest absolute Gasteiger partial charge is 0.340 e. The van der Waals surface area contributed by atoms with Gasteiger partial charge in [0.05, 0.1) is 28.2 Å². The topological polar surface area (TPSA) is 433 Å². The van der Waals surface area contributed by atoms with Crippen LogP contribution < -0.4 is 4.74 Å². The fourth-order valence-corrected chi connectivity index (χ4v) is 8.60. The van der Waals surface area contributed by atoms with Crippen LogP contribution in [-0.4, -0.2) is 156 Å². The number of cyclic esters (lactones) is 1. The second-order valence-electron chi connectivity index (χ2n) is 15.5. The number of carbonyl (C=O) groups excluding carboxylic acids is 5. The third-order valence-corrected chi connectivity index (χ3v) is 11.7. The standard InChI is InChI=1S/C40H30O26/c41-12-1-8(2-13(42)22(12)47)33(53)65-37-31-30-28(64-38(57)39(58)6-18(46)40(59)32(39)21-11(36(56)63-31)5-16(45)25(50)29(21)66-40)17(61-37)7-60-34(54)9-3-14(43)23(48)26(51)19(9)20-10(35(55)62-30)4-15(44)24(49)27(20)52/h1-5,17-18,28,30-32,37,41-52,58-59H,6-7H2. The van der Waals surface area contributed by atoms with E-state index in [1.165, 1.54) is 0 Å². The number of hydrogen-bond donors (Lipinski definition) is 14. The highest BCUT2D eigenvalue weighted by molar-refractivity contribution is 6.08. The number of aromatic hydroxyl groups is 11. The summed E-state index contributed by atoms with van der Waals surface area (Å²) in [7, 11) is 0. The molecule has 0 radical (unpaired) electrons. The molecule has 4 bridgehead atoms. The number of aliphatic hydroxyl groups is 3. The van der Waals surface area contributed by atoms with Gasteiger partial charge in [0.1, 0.15) is 18.8 Å². The SMILES string of the molecule is O=C(OC1OC2COC(=O)c3cc(O)c(O)c(O)c3-c3c(cc(O)c(O)c3O)C(=O)OC3C2OC(=O)C2(O)CC(O)C4(O)Oc5c(O)c(O)cc(c5C24)C(=O)OC13)c1cc(O)c(O)c(O)c1. The number of aliphatic hydroxyl groups excluding tert-OH is 1. The van der Waals surface area contributed by atoms with Gasteiger partial charge in [0.25, 0.3) is 0 Å². The van der Waals surface area contributed by atoms with Gasteiger partial charge in [-0.25, -0.2) is 24.0 Å². The molecule has 4 aromatic carbocycles. The van der Waals surface area contributed by atoms with Crippen LogP contribution in [0.4, 0.5) is 0 Å². The third-order valence-electron chi connectivity index (χ3n) is 11.7. The van der Waals surface area contributed by atoms with Crippen molar-refractivity contribution in [3.05, 3.63) is 58.1 Å². The van der Waals surface area contributed by atoms with E-state index in [0.29, 0.717) is 30.3 Å². The molecule has 5 aliphatic rings. The van der Waals surface area contributed by atoms with E-state index in [2.05, 4.69) is 0 Å². The van der Waals surface area contributed by atoms with Gasteiger partial charge in [-0.3, -0.25) is 0 Å². The predicted octanol–water partition coefficient (Wildman–Crippen LogP) is -0.796.